The maximum atomic E-state index is 11.6. The van der Waals surface area contributed by atoms with E-state index >= 15 is 0 Å². The lowest BCUT2D eigenvalue weighted by atomic mass is 10.1. The fourth-order valence-electron chi connectivity index (χ4n) is 1.52. The van der Waals surface area contributed by atoms with Crippen LogP contribution < -0.4 is 10.6 Å². The largest absolute Gasteiger partial charge is 0.480 e. The van der Waals surface area contributed by atoms with Gasteiger partial charge in [-0.3, -0.25) is 9.59 Å². The highest BCUT2D eigenvalue weighted by atomic mass is 16.4. The van der Waals surface area contributed by atoms with Gasteiger partial charge in [0, 0.05) is 12.7 Å². The number of amides is 1. The van der Waals surface area contributed by atoms with Crippen molar-refractivity contribution in [2.24, 2.45) is 0 Å². The van der Waals surface area contributed by atoms with E-state index in [9.17, 15) is 9.59 Å². The van der Waals surface area contributed by atoms with Gasteiger partial charge in [0.2, 0.25) is 0 Å². The van der Waals surface area contributed by atoms with Crippen LogP contribution in [0.1, 0.15) is 12.5 Å². The Morgan fingerprint density at radius 3 is 2.62 bits per heavy atom. The second-order valence-corrected chi connectivity index (χ2v) is 4.39. The molecule has 0 radical (unpaired) electrons. The Hall–Kier alpha value is -2.81. The molecule has 21 heavy (non-hydrogen) atoms. The third-order valence-corrected chi connectivity index (χ3v) is 2.73. The first-order chi connectivity index (χ1) is 10.0. The number of hydrogen-bond donors (Lipinski definition) is 3. The molecule has 1 amide bonds. The molecule has 3 N–H and O–H groups in total. The van der Waals surface area contributed by atoms with E-state index < -0.39 is 17.9 Å². The highest BCUT2D eigenvalue weighted by Crippen LogP contribution is 1.98. The van der Waals surface area contributed by atoms with E-state index in [1.165, 1.54) is 13.1 Å². The van der Waals surface area contributed by atoms with Crippen molar-refractivity contribution in [2.45, 2.75) is 19.4 Å². The molecular formula is C15H17N3O3. The molecule has 0 aromatic heterocycles. The highest BCUT2D eigenvalue weighted by molar-refractivity contribution is 5.99. The summed E-state index contributed by atoms with van der Waals surface area (Å²) >= 11 is 0. The number of carboxylic acid groups (broad SMARTS) is 1. The highest BCUT2D eigenvalue weighted by Gasteiger charge is 2.16. The lowest BCUT2D eigenvalue weighted by Gasteiger charge is -2.08. The predicted octanol–water partition coefficient (Wildman–Crippen LogP) is 0.815. The molecule has 1 atom stereocenters. The summed E-state index contributed by atoms with van der Waals surface area (Å²) in [5, 5.41) is 22.7. The van der Waals surface area contributed by atoms with E-state index in [2.05, 4.69) is 10.6 Å². The summed E-state index contributed by atoms with van der Waals surface area (Å²) in [5.74, 6) is -1.86. The van der Waals surface area contributed by atoms with Gasteiger partial charge in [0.1, 0.15) is 17.7 Å². The van der Waals surface area contributed by atoms with Crippen LogP contribution in [0.3, 0.4) is 0 Å². The summed E-state index contributed by atoms with van der Waals surface area (Å²) in [4.78, 5) is 22.3. The summed E-state index contributed by atoms with van der Waals surface area (Å²) in [6.45, 7) is 1.90. The third kappa shape index (κ3) is 5.78. The molecule has 0 fully saturated rings. The number of nitrogens with one attached hydrogen (secondary N) is 2. The van der Waals surface area contributed by atoms with Crippen LogP contribution in [0.5, 0.6) is 0 Å². The fourth-order valence-corrected chi connectivity index (χ4v) is 1.52. The molecule has 0 saturated carbocycles. The molecular weight excluding hydrogens is 270 g/mol. The van der Waals surface area contributed by atoms with Gasteiger partial charge >= 0.3 is 5.97 Å². The molecule has 1 unspecified atom stereocenters. The van der Waals surface area contributed by atoms with Crippen molar-refractivity contribution < 1.29 is 14.7 Å². The second-order valence-electron chi connectivity index (χ2n) is 4.39. The molecule has 0 saturated heterocycles. The number of nitrogens with zero attached hydrogens (tertiary/aromatic N) is 1. The van der Waals surface area contributed by atoms with E-state index in [1.807, 2.05) is 30.3 Å². The summed E-state index contributed by atoms with van der Waals surface area (Å²) in [7, 11) is 0. The summed E-state index contributed by atoms with van der Waals surface area (Å²) < 4.78 is 0. The van der Waals surface area contributed by atoms with E-state index in [0.717, 1.165) is 12.0 Å². The molecule has 1 rings (SSSR count). The van der Waals surface area contributed by atoms with Crippen LogP contribution in [0.15, 0.2) is 42.1 Å². The van der Waals surface area contributed by atoms with Crippen LogP contribution in [0.4, 0.5) is 0 Å². The summed E-state index contributed by atoms with van der Waals surface area (Å²) in [6, 6.07) is 10.5. The zero-order chi connectivity index (χ0) is 15.7. The quantitative estimate of drug-likeness (QED) is 0.391. The molecule has 6 heteroatoms. The van der Waals surface area contributed by atoms with Crippen molar-refractivity contribution >= 4 is 11.9 Å². The second kappa shape index (κ2) is 8.38. The van der Waals surface area contributed by atoms with Gasteiger partial charge in [-0.1, -0.05) is 30.3 Å². The van der Waals surface area contributed by atoms with Crippen molar-refractivity contribution in [1.82, 2.24) is 10.6 Å². The molecule has 0 heterocycles. The average Bonchev–Trinajstić information content (AvgIpc) is 2.48. The molecule has 1 aromatic carbocycles. The molecule has 1 aromatic rings. The first-order valence-corrected chi connectivity index (χ1v) is 6.46. The van der Waals surface area contributed by atoms with Crippen molar-refractivity contribution in [3.63, 3.8) is 0 Å². The minimum absolute atomic E-state index is 0.156. The zero-order valence-electron chi connectivity index (χ0n) is 11.7. The van der Waals surface area contributed by atoms with Crippen LogP contribution >= 0.6 is 0 Å². The number of carbonyl (C=O) groups is 2. The lowest BCUT2D eigenvalue weighted by Crippen LogP contribution is -2.39. The Labute approximate surface area is 123 Å². The average molecular weight is 287 g/mol. The van der Waals surface area contributed by atoms with Gasteiger partial charge < -0.3 is 15.7 Å². The number of rotatable bonds is 7. The minimum atomic E-state index is -1.15. The first-order valence-electron chi connectivity index (χ1n) is 6.46. The van der Waals surface area contributed by atoms with E-state index in [4.69, 9.17) is 10.4 Å². The topological polar surface area (TPSA) is 102 Å². The Balaban J connectivity index is 2.47. The van der Waals surface area contributed by atoms with Crippen LogP contribution in [0.2, 0.25) is 0 Å². The van der Waals surface area contributed by atoms with Crippen molar-refractivity contribution in [3.8, 4) is 6.07 Å². The van der Waals surface area contributed by atoms with Crippen LogP contribution in [0.25, 0.3) is 0 Å². The Morgan fingerprint density at radius 1 is 1.38 bits per heavy atom. The molecule has 6 nitrogen and oxygen atoms in total. The van der Waals surface area contributed by atoms with Crippen molar-refractivity contribution in [2.75, 3.05) is 6.54 Å². The van der Waals surface area contributed by atoms with Crippen LogP contribution in [0, 0.1) is 11.3 Å². The molecule has 0 spiro atoms. The SMILES string of the molecule is CC(NC(=O)/C(C#N)=C\NCCc1ccccc1)C(=O)O. The van der Waals surface area contributed by atoms with Crippen molar-refractivity contribution in [3.05, 3.63) is 47.7 Å². The Morgan fingerprint density at radius 2 is 2.05 bits per heavy atom. The zero-order valence-corrected chi connectivity index (χ0v) is 11.7. The van der Waals surface area contributed by atoms with E-state index in [0.29, 0.717) is 6.54 Å². The van der Waals surface area contributed by atoms with Crippen LogP contribution in [-0.2, 0) is 16.0 Å². The predicted molar refractivity (Wildman–Crippen MR) is 77.1 cm³/mol. The van der Waals surface area contributed by atoms with Gasteiger partial charge in [0.25, 0.3) is 5.91 Å². The van der Waals surface area contributed by atoms with Gasteiger partial charge in [-0.25, -0.2) is 0 Å². The normalized spacial score (nSPS) is 12.1. The summed E-state index contributed by atoms with van der Waals surface area (Å²) in [6.07, 6.45) is 2.05. The van der Waals surface area contributed by atoms with Gasteiger partial charge in [-0.15, -0.1) is 0 Å². The number of benzene rings is 1. The molecule has 0 bridgehead atoms. The number of hydrogen-bond acceptors (Lipinski definition) is 4. The van der Waals surface area contributed by atoms with Gasteiger partial charge in [-0.2, -0.15) is 5.26 Å². The van der Waals surface area contributed by atoms with E-state index in [1.54, 1.807) is 6.07 Å². The van der Waals surface area contributed by atoms with Gasteiger partial charge in [0.05, 0.1) is 0 Å². The van der Waals surface area contributed by atoms with Crippen molar-refractivity contribution in [1.29, 1.82) is 5.26 Å². The van der Waals surface area contributed by atoms with Gasteiger partial charge in [-0.05, 0) is 18.9 Å². The Kier molecular flexibility index (Phi) is 6.48. The monoisotopic (exact) mass is 287 g/mol. The number of carbonyl (C=O) groups excluding carboxylic acids is 1. The maximum absolute atomic E-state index is 11.6. The van der Waals surface area contributed by atoms with Gasteiger partial charge in [0.15, 0.2) is 0 Å². The maximum Gasteiger partial charge on any atom is 0.325 e. The first kappa shape index (κ1) is 16.2. The lowest BCUT2D eigenvalue weighted by molar-refractivity contribution is -0.140. The standard InChI is InChI=1S/C15H17N3O3/c1-11(15(20)21)18-14(19)13(9-16)10-17-8-7-12-5-3-2-4-6-12/h2-6,10-11,17H,7-8H2,1H3,(H,18,19)(H,20,21)/b13-10-. The molecule has 110 valence electrons. The van der Waals surface area contributed by atoms with E-state index in [-0.39, 0.29) is 5.57 Å². The number of aliphatic carboxylic acids is 1. The minimum Gasteiger partial charge on any atom is -0.480 e. The Bertz CT molecular complexity index is 561. The molecule has 0 aliphatic rings. The van der Waals surface area contributed by atoms with Crippen LogP contribution in [-0.4, -0.2) is 29.6 Å². The smallest absolute Gasteiger partial charge is 0.325 e. The third-order valence-electron chi connectivity index (χ3n) is 2.73. The molecule has 0 aliphatic heterocycles. The fraction of sp³-hybridized carbons (Fsp3) is 0.267. The molecule has 0 aliphatic carbocycles. The number of nitriles is 1. The number of carboxylic acids is 1. The summed E-state index contributed by atoms with van der Waals surface area (Å²) in [5.41, 5.74) is 0.983.